The fraction of sp³-hybridized carbons (Fsp3) is 0.286. The van der Waals surface area contributed by atoms with E-state index in [4.69, 9.17) is 0 Å². The van der Waals surface area contributed by atoms with Gasteiger partial charge in [-0.2, -0.15) is 13.2 Å². The van der Waals surface area contributed by atoms with Gasteiger partial charge in [0.2, 0.25) is 5.43 Å². The Hall–Kier alpha value is -1.76. The Morgan fingerprint density at radius 3 is 2.52 bits per heavy atom. The minimum atomic E-state index is -4.53. The van der Waals surface area contributed by atoms with Gasteiger partial charge in [-0.1, -0.05) is 6.92 Å². The highest BCUT2D eigenvalue weighted by atomic mass is 32.2. The number of aromatic amines is 1. The molecular weight excluding hydrogens is 303 g/mol. The number of carbonyl (C=O) groups is 1. The van der Waals surface area contributed by atoms with Gasteiger partial charge >= 0.3 is 6.18 Å². The van der Waals surface area contributed by atoms with Gasteiger partial charge in [0.1, 0.15) is 0 Å². The summed E-state index contributed by atoms with van der Waals surface area (Å²) in [5.41, 5.74) is -1.38. The molecule has 1 N–H and O–H groups in total. The van der Waals surface area contributed by atoms with Crippen LogP contribution in [0.5, 0.6) is 0 Å². The van der Waals surface area contributed by atoms with Crippen LogP contribution < -0.4 is 5.43 Å². The van der Waals surface area contributed by atoms with Crippen molar-refractivity contribution in [3.05, 3.63) is 39.5 Å². The fourth-order valence-corrected chi connectivity index (χ4v) is 2.86. The molecule has 3 nitrogen and oxygen atoms in total. The number of thioether (sulfide) groups is 1. The van der Waals surface area contributed by atoms with Crippen molar-refractivity contribution in [3.8, 4) is 0 Å². The van der Waals surface area contributed by atoms with Crippen LogP contribution in [0.4, 0.5) is 13.2 Å². The number of ketones is 1. The number of pyridine rings is 1. The van der Waals surface area contributed by atoms with Crippen LogP contribution in [0.15, 0.2) is 28.0 Å². The first-order chi connectivity index (χ1) is 9.75. The lowest BCUT2D eigenvalue weighted by atomic mass is 10.1. The van der Waals surface area contributed by atoms with Crippen LogP contribution in [0.2, 0.25) is 0 Å². The summed E-state index contributed by atoms with van der Waals surface area (Å²) < 4.78 is 38.2. The third kappa shape index (κ3) is 2.97. The second kappa shape index (κ2) is 5.55. The highest BCUT2D eigenvalue weighted by Crippen LogP contribution is 2.31. The molecule has 0 saturated heterocycles. The Labute approximate surface area is 122 Å². The molecule has 112 valence electrons. The van der Waals surface area contributed by atoms with Gasteiger partial charge in [-0.25, -0.2) is 0 Å². The molecule has 0 atom stereocenters. The Kier molecular flexibility index (Phi) is 4.13. The number of Topliss-reactive ketones (excluding diaryl/α,β-unsaturated/α-hetero) is 1. The quantitative estimate of drug-likeness (QED) is 0.691. The van der Waals surface area contributed by atoms with Crippen LogP contribution in [0.1, 0.15) is 29.8 Å². The molecule has 0 spiro atoms. The zero-order valence-corrected chi connectivity index (χ0v) is 12.1. The molecule has 0 bridgehead atoms. The zero-order chi connectivity index (χ0) is 15.8. The molecular formula is C14H12F3NO2S. The summed E-state index contributed by atoms with van der Waals surface area (Å²) in [5, 5.41) is 0.262. The molecule has 0 unspecified atom stereocenters. The number of carbonyl (C=O) groups excluding carboxylic acids is 1. The van der Waals surface area contributed by atoms with Crippen molar-refractivity contribution in [1.29, 1.82) is 0 Å². The highest BCUT2D eigenvalue weighted by molar-refractivity contribution is 7.99. The maximum atomic E-state index is 12.7. The first kappa shape index (κ1) is 15.6. The molecule has 7 heteroatoms. The molecule has 0 aliphatic carbocycles. The SMILES string of the molecule is CCSc1[nH]c2ccc(C(F)(F)F)cc2c(=O)c1C(C)=O. The van der Waals surface area contributed by atoms with Crippen molar-refractivity contribution in [1.82, 2.24) is 4.98 Å². The smallest absolute Gasteiger partial charge is 0.349 e. The monoisotopic (exact) mass is 315 g/mol. The van der Waals surface area contributed by atoms with E-state index in [1.165, 1.54) is 24.8 Å². The topological polar surface area (TPSA) is 49.9 Å². The zero-order valence-electron chi connectivity index (χ0n) is 11.3. The number of hydrogen-bond donors (Lipinski definition) is 1. The molecule has 0 saturated carbocycles. The maximum Gasteiger partial charge on any atom is 0.416 e. The second-order valence-electron chi connectivity index (χ2n) is 4.41. The van der Waals surface area contributed by atoms with E-state index in [9.17, 15) is 22.8 Å². The van der Waals surface area contributed by atoms with Gasteiger partial charge in [0, 0.05) is 5.39 Å². The van der Waals surface area contributed by atoms with Gasteiger partial charge in [-0.3, -0.25) is 9.59 Å². The summed E-state index contributed by atoms with van der Waals surface area (Å²) in [6, 6.07) is 2.90. The van der Waals surface area contributed by atoms with Gasteiger partial charge in [-0.05, 0) is 30.9 Å². The molecule has 0 radical (unpaired) electrons. The number of rotatable bonds is 3. The van der Waals surface area contributed by atoms with E-state index in [2.05, 4.69) is 4.98 Å². The van der Waals surface area contributed by atoms with Crippen LogP contribution >= 0.6 is 11.8 Å². The summed E-state index contributed by atoms with van der Waals surface area (Å²) in [6.07, 6.45) is -4.53. The number of aromatic nitrogens is 1. The minimum Gasteiger partial charge on any atom is -0.349 e. The molecule has 21 heavy (non-hydrogen) atoms. The van der Waals surface area contributed by atoms with E-state index < -0.39 is 23.0 Å². The molecule has 1 heterocycles. The predicted octanol–water partition coefficient (Wildman–Crippen LogP) is 3.86. The number of halogens is 3. The van der Waals surface area contributed by atoms with E-state index in [1.54, 1.807) is 0 Å². The molecule has 2 rings (SSSR count). The van der Waals surface area contributed by atoms with Crippen LogP contribution in [-0.4, -0.2) is 16.5 Å². The number of fused-ring (bicyclic) bond motifs is 1. The third-order valence-electron chi connectivity index (χ3n) is 2.93. The van der Waals surface area contributed by atoms with Crippen molar-refractivity contribution < 1.29 is 18.0 Å². The molecule has 0 aliphatic rings. The van der Waals surface area contributed by atoms with E-state index in [-0.39, 0.29) is 16.5 Å². The summed E-state index contributed by atoms with van der Waals surface area (Å²) in [4.78, 5) is 26.8. The Morgan fingerprint density at radius 1 is 1.33 bits per heavy atom. The molecule has 1 aromatic carbocycles. The molecule has 1 aromatic heterocycles. The minimum absolute atomic E-state index is 0.0892. The predicted molar refractivity (Wildman–Crippen MR) is 76.0 cm³/mol. The van der Waals surface area contributed by atoms with Crippen molar-refractivity contribution in [2.24, 2.45) is 0 Å². The van der Waals surface area contributed by atoms with E-state index in [1.807, 2.05) is 6.92 Å². The third-order valence-corrected chi connectivity index (χ3v) is 3.82. The van der Waals surface area contributed by atoms with E-state index in [0.29, 0.717) is 10.8 Å². The number of hydrogen-bond acceptors (Lipinski definition) is 3. The highest BCUT2D eigenvalue weighted by Gasteiger charge is 2.31. The van der Waals surface area contributed by atoms with Crippen LogP contribution in [0.3, 0.4) is 0 Å². The molecule has 0 amide bonds. The molecule has 0 fully saturated rings. The Balaban J connectivity index is 2.81. The second-order valence-corrected chi connectivity index (χ2v) is 5.68. The summed E-state index contributed by atoms with van der Waals surface area (Å²) in [5.74, 6) is 0.161. The van der Waals surface area contributed by atoms with Crippen LogP contribution in [-0.2, 0) is 6.18 Å². The number of alkyl halides is 3. The van der Waals surface area contributed by atoms with E-state index >= 15 is 0 Å². The van der Waals surface area contributed by atoms with Crippen molar-refractivity contribution in [2.75, 3.05) is 5.75 Å². The Bertz CT molecular complexity index is 765. The number of benzene rings is 1. The lowest BCUT2D eigenvalue weighted by Crippen LogP contribution is -2.17. The van der Waals surface area contributed by atoms with Gasteiger partial charge in [0.05, 0.1) is 21.7 Å². The largest absolute Gasteiger partial charge is 0.416 e. The lowest BCUT2D eigenvalue weighted by molar-refractivity contribution is -0.137. The van der Waals surface area contributed by atoms with Gasteiger partial charge < -0.3 is 4.98 Å². The Morgan fingerprint density at radius 2 is 2.00 bits per heavy atom. The standard InChI is InChI=1S/C14H12F3NO2S/c1-3-21-13-11(7(2)19)12(20)9-6-8(14(15,16)17)4-5-10(9)18-13/h4-6H,3H2,1-2H3,(H,18,20). The van der Waals surface area contributed by atoms with Gasteiger partial charge in [-0.15, -0.1) is 11.8 Å². The summed E-state index contributed by atoms with van der Waals surface area (Å²) in [7, 11) is 0. The lowest BCUT2D eigenvalue weighted by Gasteiger charge is -2.11. The van der Waals surface area contributed by atoms with E-state index in [0.717, 1.165) is 12.1 Å². The first-order valence-corrected chi connectivity index (χ1v) is 7.15. The van der Waals surface area contributed by atoms with Crippen molar-refractivity contribution in [2.45, 2.75) is 25.0 Å². The average molecular weight is 315 g/mol. The van der Waals surface area contributed by atoms with Crippen LogP contribution in [0, 0.1) is 0 Å². The molecule has 0 aliphatic heterocycles. The van der Waals surface area contributed by atoms with Crippen LogP contribution in [0.25, 0.3) is 10.9 Å². The normalized spacial score (nSPS) is 11.9. The average Bonchev–Trinajstić information content (AvgIpc) is 2.37. The van der Waals surface area contributed by atoms with Crippen molar-refractivity contribution >= 4 is 28.4 Å². The maximum absolute atomic E-state index is 12.7. The molecule has 2 aromatic rings. The van der Waals surface area contributed by atoms with Crippen molar-refractivity contribution in [3.63, 3.8) is 0 Å². The number of nitrogens with one attached hydrogen (secondary N) is 1. The summed E-state index contributed by atoms with van der Waals surface area (Å²) in [6.45, 7) is 3.08. The fourth-order valence-electron chi connectivity index (χ4n) is 2.01. The number of H-pyrrole nitrogens is 1. The van der Waals surface area contributed by atoms with Gasteiger partial charge in [0.15, 0.2) is 5.78 Å². The summed E-state index contributed by atoms with van der Waals surface area (Å²) >= 11 is 1.27. The first-order valence-electron chi connectivity index (χ1n) is 6.16. The van der Waals surface area contributed by atoms with Gasteiger partial charge in [0.25, 0.3) is 0 Å².